The van der Waals surface area contributed by atoms with E-state index in [0.29, 0.717) is 22.1 Å². The highest BCUT2D eigenvalue weighted by molar-refractivity contribution is 7.92. The van der Waals surface area contributed by atoms with E-state index in [4.69, 9.17) is 11.6 Å². The molecular weight excluding hydrogens is 458 g/mol. The van der Waals surface area contributed by atoms with Crippen LogP contribution in [-0.4, -0.2) is 29.6 Å². The van der Waals surface area contributed by atoms with Crippen LogP contribution in [0.2, 0.25) is 5.02 Å². The predicted molar refractivity (Wildman–Crippen MR) is 131 cm³/mol. The van der Waals surface area contributed by atoms with Crippen LogP contribution in [0.15, 0.2) is 84.1 Å². The maximum atomic E-state index is 13.3. The Labute approximate surface area is 197 Å². The molecule has 0 aliphatic carbocycles. The fourth-order valence-electron chi connectivity index (χ4n) is 3.43. The largest absolute Gasteiger partial charge is 0.325 e. The van der Waals surface area contributed by atoms with Gasteiger partial charge in [-0.15, -0.1) is 0 Å². The molecule has 6 nitrogen and oxygen atoms in total. The molecule has 0 aliphatic rings. The van der Waals surface area contributed by atoms with Gasteiger partial charge in [-0.1, -0.05) is 54.1 Å². The Hall–Kier alpha value is -3.42. The first-order valence-electron chi connectivity index (χ1n) is 10.2. The van der Waals surface area contributed by atoms with Crippen LogP contribution in [0.5, 0.6) is 0 Å². The number of halogens is 1. The van der Waals surface area contributed by atoms with Gasteiger partial charge in [-0.2, -0.15) is 0 Å². The van der Waals surface area contributed by atoms with Crippen LogP contribution in [0.1, 0.15) is 11.1 Å². The van der Waals surface area contributed by atoms with Gasteiger partial charge in [0.05, 0.1) is 5.69 Å². The van der Waals surface area contributed by atoms with Crippen LogP contribution < -0.4 is 5.32 Å². The zero-order chi connectivity index (χ0) is 23.6. The SMILES string of the molecule is Cc1cccc(NC(=O)CS(=O)(=O)c2nc(-c3ccccc3)cn2-c2ccc(Cl)cc2)c1C. The molecule has 8 heteroatoms. The van der Waals surface area contributed by atoms with Gasteiger partial charge in [-0.25, -0.2) is 13.4 Å². The van der Waals surface area contributed by atoms with Crippen molar-refractivity contribution in [3.8, 4) is 16.9 Å². The van der Waals surface area contributed by atoms with E-state index in [-0.39, 0.29) is 5.16 Å². The molecule has 4 rings (SSSR count). The molecule has 1 aromatic heterocycles. The van der Waals surface area contributed by atoms with Crippen molar-refractivity contribution in [1.82, 2.24) is 9.55 Å². The second-order valence-corrected chi connectivity index (χ2v) is 10.00. The average Bonchev–Trinajstić information content (AvgIpc) is 3.24. The number of carbonyl (C=O) groups excluding carboxylic acids is 1. The fraction of sp³-hybridized carbons (Fsp3) is 0.120. The Morgan fingerprint density at radius 1 is 0.970 bits per heavy atom. The van der Waals surface area contributed by atoms with Crippen molar-refractivity contribution >= 4 is 33.0 Å². The Morgan fingerprint density at radius 2 is 1.67 bits per heavy atom. The summed E-state index contributed by atoms with van der Waals surface area (Å²) >= 11 is 6.00. The van der Waals surface area contributed by atoms with Crippen LogP contribution in [0.3, 0.4) is 0 Å². The molecule has 4 aromatic rings. The second-order valence-electron chi connectivity index (χ2n) is 7.68. The van der Waals surface area contributed by atoms with E-state index in [1.165, 1.54) is 4.57 Å². The number of hydrogen-bond donors (Lipinski definition) is 1. The van der Waals surface area contributed by atoms with E-state index < -0.39 is 21.5 Å². The van der Waals surface area contributed by atoms with E-state index in [1.54, 1.807) is 36.5 Å². The first kappa shape index (κ1) is 22.8. The van der Waals surface area contributed by atoms with Gasteiger partial charge >= 0.3 is 0 Å². The number of aromatic nitrogens is 2. The molecule has 0 saturated carbocycles. The van der Waals surface area contributed by atoms with E-state index in [9.17, 15) is 13.2 Å². The van der Waals surface area contributed by atoms with Gasteiger partial charge in [0.2, 0.25) is 20.9 Å². The molecule has 0 radical (unpaired) electrons. The maximum absolute atomic E-state index is 13.3. The Bertz CT molecular complexity index is 1410. The summed E-state index contributed by atoms with van der Waals surface area (Å²) in [4.78, 5) is 17.1. The van der Waals surface area contributed by atoms with Crippen molar-refractivity contribution in [3.05, 3.63) is 95.1 Å². The molecule has 0 spiro atoms. The van der Waals surface area contributed by atoms with Crippen molar-refractivity contribution < 1.29 is 13.2 Å². The van der Waals surface area contributed by atoms with Gasteiger partial charge in [0.25, 0.3) is 0 Å². The molecule has 1 heterocycles. The fourth-order valence-corrected chi connectivity index (χ4v) is 4.79. The highest BCUT2D eigenvalue weighted by atomic mass is 35.5. The highest BCUT2D eigenvalue weighted by Gasteiger charge is 2.27. The topological polar surface area (TPSA) is 81.1 Å². The number of sulfone groups is 1. The summed E-state index contributed by atoms with van der Waals surface area (Å²) in [5.41, 5.74) is 4.29. The van der Waals surface area contributed by atoms with E-state index in [1.807, 2.05) is 56.3 Å². The second kappa shape index (κ2) is 9.21. The average molecular weight is 480 g/mol. The van der Waals surface area contributed by atoms with Crippen molar-refractivity contribution in [1.29, 1.82) is 0 Å². The molecule has 168 valence electrons. The van der Waals surface area contributed by atoms with Gasteiger partial charge < -0.3 is 5.32 Å². The van der Waals surface area contributed by atoms with Gasteiger partial charge in [0.15, 0.2) is 0 Å². The number of nitrogens with zero attached hydrogens (tertiary/aromatic N) is 2. The van der Waals surface area contributed by atoms with Crippen molar-refractivity contribution in [2.24, 2.45) is 0 Å². The molecule has 1 amide bonds. The highest BCUT2D eigenvalue weighted by Crippen LogP contribution is 2.26. The summed E-state index contributed by atoms with van der Waals surface area (Å²) in [5, 5.41) is 3.03. The summed E-state index contributed by atoms with van der Waals surface area (Å²) in [5.74, 6) is -1.37. The Balaban J connectivity index is 1.71. The van der Waals surface area contributed by atoms with E-state index in [0.717, 1.165) is 16.7 Å². The first-order chi connectivity index (χ1) is 15.7. The van der Waals surface area contributed by atoms with Crippen LogP contribution >= 0.6 is 11.6 Å². The minimum absolute atomic E-state index is 0.209. The molecule has 0 aliphatic heterocycles. The number of anilines is 1. The van der Waals surface area contributed by atoms with Crippen molar-refractivity contribution in [2.75, 3.05) is 11.1 Å². The number of carbonyl (C=O) groups is 1. The van der Waals surface area contributed by atoms with Gasteiger partial charge in [-0.3, -0.25) is 9.36 Å². The lowest BCUT2D eigenvalue weighted by Crippen LogP contribution is -2.25. The quantitative estimate of drug-likeness (QED) is 0.411. The van der Waals surface area contributed by atoms with Crippen LogP contribution in [-0.2, 0) is 14.6 Å². The van der Waals surface area contributed by atoms with Gasteiger partial charge in [0.1, 0.15) is 5.75 Å². The third-order valence-corrected chi connectivity index (χ3v) is 7.06. The molecule has 0 fully saturated rings. The minimum Gasteiger partial charge on any atom is -0.325 e. The van der Waals surface area contributed by atoms with Crippen molar-refractivity contribution in [3.63, 3.8) is 0 Å². The van der Waals surface area contributed by atoms with Crippen LogP contribution in [0.25, 0.3) is 16.9 Å². The van der Waals surface area contributed by atoms with Gasteiger partial charge in [-0.05, 0) is 55.3 Å². The number of benzene rings is 3. The standard InChI is InChI=1S/C25H22ClN3O3S/c1-17-7-6-10-22(18(17)2)27-24(30)16-33(31,32)25-28-23(19-8-4-3-5-9-19)15-29(25)21-13-11-20(26)12-14-21/h3-15H,16H2,1-2H3,(H,27,30). The monoisotopic (exact) mass is 479 g/mol. The first-order valence-corrected chi connectivity index (χ1v) is 12.3. The molecule has 33 heavy (non-hydrogen) atoms. The number of imidazole rings is 1. The number of rotatable bonds is 6. The van der Waals surface area contributed by atoms with Crippen LogP contribution in [0, 0.1) is 13.8 Å². The molecule has 0 atom stereocenters. The third-order valence-electron chi connectivity index (χ3n) is 5.33. The van der Waals surface area contributed by atoms with Crippen molar-refractivity contribution in [2.45, 2.75) is 19.0 Å². The Morgan fingerprint density at radius 3 is 2.36 bits per heavy atom. The lowest BCUT2D eigenvalue weighted by Gasteiger charge is -2.11. The molecule has 0 saturated heterocycles. The summed E-state index contributed by atoms with van der Waals surface area (Å²) in [7, 11) is -4.07. The maximum Gasteiger partial charge on any atom is 0.240 e. The summed E-state index contributed by atoms with van der Waals surface area (Å²) in [6.07, 6.45) is 1.65. The number of aryl methyl sites for hydroxylation is 1. The summed E-state index contributed by atoms with van der Waals surface area (Å²) in [6.45, 7) is 3.80. The van der Waals surface area contributed by atoms with Gasteiger partial charge in [0, 0.05) is 28.2 Å². The molecular formula is C25H22ClN3O3S. The molecule has 1 N–H and O–H groups in total. The summed E-state index contributed by atoms with van der Waals surface area (Å²) < 4.78 is 28.1. The number of nitrogens with one attached hydrogen (secondary N) is 1. The predicted octanol–water partition coefficient (Wildman–Crippen LogP) is 5.22. The normalized spacial score (nSPS) is 11.4. The zero-order valence-electron chi connectivity index (χ0n) is 18.1. The lowest BCUT2D eigenvalue weighted by atomic mass is 10.1. The molecule has 3 aromatic carbocycles. The van der Waals surface area contributed by atoms with Crippen LogP contribution in [0.4, 0.5) is 5.69 Å². The molecule has 0 unspecified atom stereocenters. The van der Waals surface area contributed by atoms with E-state index >= 15 is 0 Å². The Kier molecular flexibility index (Phi) is 6.35. The number of hydrogen-bond acceptors (Lipinski definition) is 4. The van der Waals surface area contributed by atoms with E-state index in [2.05, 4.69) is 10.3 Å². The smallest absolute Gasteiger partial charge is 0.240 e. The minimum atomic E-state index is -4.07. The third kappa shape index (κ3) is 4.99. The molecule has 0 bridgehead atoms. The zero-order valence-corrected chi connectivity index (χ0v) is 19.7. The number of amides is 1. The summed E-state index contributed by atoms with van der Waals surface area (Å²) in [6, 6.07) is 21.5. The lowest BCUT2D eigenvalue weighted by molar-refractivity contribution is -0.113.